The van der Waals surface area contributed by atoms with E-state index in [9.17, 15) is 14.4 Å². The van der Waals surface area contributed by atoms with Crippen LogP contribution in [0.5, 0.6) is 0 Å². The van der Waals surface area contributed by atoms with E-state index < -0.39 is 67.4 Å². The van der Waals surface area contributed by atoms with Crippen LogP contribution in [0.4, 0.5) is 0 Å². The van der Waals surface area contributed by atoms with Gasteiger partial charge in [0.15, 0.2) is 18.5 Å². The van der Waals surface area contributed by atoms with Crippen LogP contribution in [0.1, 0.15) is 0 Å². The van der Waals surface area contributed by atoms with Crippen LogP contribution in [0.2, 0.25) is 0 Å². The first-order chi connectivity index (χ1) is 11.8. The molecule has 0 unspecified atom stereocenters. The molecule has 0 aromatic rings. The van der Waals surface area contributed by atoms with Gasteiger partial charge in [0.25, 0.3) is 0 Å². The van der Waals surface area contributed by atoms with Crippen molar-refractivity contribution in [2.24, 2.45) is 0 Å². The average Bonchev–Trinajstić information content (AvgIpc) is 2.62. The molecule has 0 aliphatic rings. The third-order valence-corrected chi connectivity index (χ3v) is 2.92. The van der Waals surface area contributed by atoms with Gasteiger partial charge in [-0.3, -0.25) is 0 Å². The topological polar surface area (TPSA) is 274 Å². The van der Waals surface area contributed by atoms with Gasteiger partial charge in [-0.05, 0) is 0 Å². The van der Waals surface area contributed by atoms with Gasteiger partial charge in [0.05, 0.1) is 6.61 Å². The molecule has 0 aromatic carbocycles. The summed E-state index contributed by atoms with van der Waals surface area (Å²) in [7, 11) is 0. The van der Waals surface area contributed by atoms with Crippen LogP contribution >= 0.6 is 0 Å². The van der Waals surface area contributed by atoms with Gasteiger partial charge in [0.2, 0.25) is 0 Å². The van der Waals surface area contributed by atoms with Gasteiger partial charge in [0, 0.05) is 0 Å². The number of hydrogen-bond donors (Lipinski definition) is 11. The molecule has 14 heteroatoms. The number of carboxylic acid groups (broad SMARTS) is 2. The van der Waals surface area contributed by atoms with Crippen molar-refractivity contribution in [2.45, 2.75) is 48.8 Å². The normalized spacial score (nSPS) is 20.2. The van der Waals surface area contributed by atoms with E-state index in [1.807, 2.05) is 0 Å². The molecule has 0 rings (SSSR count). The fraction of sp³-hybridized carbons (Fsp3) is 0.750. The third-order valence-electron chi connectivity index (χ3n) is 2.92. The number of carbonyl (C=O) groups is 3. The minimum absolute atomic E-state index is 0.0809. The maximum Gasteiger partial charge on any atom is 0.335 e. The fourth-order valence-corrected chi connectivity index (χ4v) is 1.28. The third kappa shape index (κ3) is 8.56. The van der Waals surface area contributed by atoms with E-state index in [0.29, 0.717) is 0 Å². The van der Waals surface area contributed by atoms with Crippen LogP contribution in [0.25, 0.3) is 0 Å². The van der Waals surface area contributed by atoms with Crippen molar-refractivity contribution < 1.29 is 70.6 Å². The zero-order chi connectivity index (χ0) is 21.2. The summed E-state index contributed by atoms with van der Waals surface area (Å²) < 4.78 is 0. The molecule has 26 heavy (non-hydrogen) atoms. The van der Waals surface area contributed by atoms with Crippen molar-refractivity contribution >= 4 is 18.2 Å². The van der Waals surface area contributed by atoms with Crippen molar-refractivity contribution in [3.05, 3.63) is 0 Å². The summed E-state index contributed by atoms with van der Waals surface area (Å²) in [6, 6.07) is 0. The molecule has 0 aromatic heterocycles. The van der Waals surface area contributed by atoms with Crippen LogP contribution < -0.4 is 0 Å². The SMILES string of the molecule is O=C(O)[C@H](O)[C@@H](O)[C@H](O)[C@H](O)CO.O=C[C@H](O)[C@@H](O)[C@H](O)[C@H](O)C(=O)O. The molecule has 0 saturated heterocycles. The predicted molar refractivity (Wildman–Crippen MR) is 76.5 cm³/mol. The Labute approximate surface area is 145 Å². The highest BCUT2D eigenvalue weighted by molar-refractivity contribution is 5.73. The summed E-state index contributed by atoms with van der Waals surface area (Å²) in [6.45, 7) is -0.843. The summed E-state index contributed by atoms with van der Waals surface area (Å²) in [5.74, 6) is -3.48. The molecule has 0 aliphatic heterocycles. The van der Waals surface area contributed by atoms with Crippen molar-refractivity contribution in [2.75, 3.05) is 6.61 Å². The Morgan fingerprint density at radius 3 is 1.31 bits per heavy atom. The quantitative estimate of drug-likeness (QED) is 0.155. The highest BCUT2D eigenvalue weighted by Crippen LogP contribution is 2.05. The van der Waals surface area contributed by atoms with Gasteiger partial charge in [-0.15, -0.1) is 0 Å². The average molecular weight is 390 g/mol. The smallest absolute Gasteiger partial charge is 0.335 e. The molecule has 11 N–H and O–H groups in total. The number of aliphatic carboxylic acids is 2. The fourth-order valence-electron chi connectivity index (χ4n) is 1.28. The lowest BCUT2D eigenvalue weighted by Gasteiger charge is -2.23. The Kier molecular flexibility index (Phi) is 12.8. The largest absolute Gasteiger partial charge is 0.479 e. The van der Waals surface area contributed by atoms with Gasteiger partial charge in [-0.25, -0.2) is 9.59 Å². The molecule has 0 fully saturated rings. The summed E-state index contributed by atoms with van der Waals surface area (Å²) >= 11 is 0. The molecule has 0 saturated carbocycles. The molecule has 14 nitrogen and oxygen atoms in total. The van der Waals surface area contributed by atoms with Gasteiger partial charge < -0.3 is 61.0 Å². The molecule has 0 radical (unpaired) electrons. The molecule has 0 heterocycles. The maximum atomic E-state index is 10.1. The monoisotopic (exact) mass is 390 g/mol. The molecule has 0 bridgehead atoms. The van der Waals surface area contributed by atoms with E-state index >= 15 is 0 Å². The Hall–Kier alpha value is -1.75. The van der Waals surface area contributed by atoms with Crippen molar-refractivity contribution in [1.29, 1.82) is 0 Å². The van der Waals surface area contributed by atoms with Crippen LogP contribution in [-0.4, -0.2) is 130 Å². The molecule has 0 amide bonds. The van der Waals surface area contributed by atoms with Crippen LogP contribution in [0, 0.1) is 0 Å². The number of rotatable bonds is 10. The molecular weight excluding hydrogens is 368 g/mol. The van der Waals surface area contributed by atoms with E-state index in [4.69, 9.17) is 56.2 Å². The second-order valence-electron chi connectivity index (χ2n) is 4.91. The summed E-state index contributed by atoms with van der Waals surface area (Å²) in [5.41, 5.74) is 0. The van der Waals surface area contributed by atoms with Gasteiger partial charge in [-0.1, -0.05) is 0 Å². The minimum Gasteiger partial charge on any atom is -0.479 e. The predicted octanol–water partition coefficient (Wildman–Crippen LogP) is -6.78. The van der Waals surface area contributed by atoms with Gasteiger partial charge in [-0.2, -0.15) is 0 Å². The number of aldehydes is 1. The summed E-state index contributed by atoms with van der Waals surface area (Å²) in [4.78, 5) is 30.0. The Bertz CT molecular complexity index is 442. The van der Waals surface area contributed by atoms with Crippen molar-refractivity contribution in [3.63, 3.8) is 0 Å². The first kappa shape index (κ1) is 26.5. The molecule has 8 atom stereocenters. The Morgan fingerprint density at radius 1 is 0.692 bits per heavy atom. The van der Waals surface area contributed by atoms with Crippen molar-refractivity contribution in [3.8, 4) is 0 Å². The number of carboxylic acids is 2. The van der Waals surface area contributed by atoms with E-state index in [1.54, 1.807) is 0 Å². The highest BCUT2D eigenvalue weighted by Gasteiger charge is 2.34. The Morgan fingerprint density at radius 2 is 1.04 bits per heavy atom. The number of aliphatic hydroxyl groups is 9. The first-order valence-electron chi connectivity index (χ1n) is 6.79. The lowest BCUT2D eigenvalue weighted by molar-refractivity contribution is -0.164. The van der Waals surface area contributed by atoms with Gasteiger partial charge >= 0.3 is 11.9 Å². The second kappa shape index (κ2) is 12.6. The van der Waals surface area contributed by atoms with Crippen LogP contribution in [-0.2, 0) is 14.4 Å². The lowest BCUT2D eigenvalue weighted by Crippen LogP contribution is -2.48. The molecule has 154 valence electrons. The first-order valence-corrected chi connectivity index (χ1v) is 6.79. The number of hydrogen-bond acceptors (Lipinski definition) is 12. The van der Waals surface area contributed by atoms with E-state index in [-0.39, 0.29) is 6.29 Å². The van der Waals surface area contributed by atoms with Crippen LogP contribution in [0.3, 0.4) is 0 Å². The molecule has 0 spiro atoms. The lowest BCUT2D eigenvalue weighted by atomic mass is 10.0. The zero-order valence-corrected chi connectivity index (χ0v) is 13.0. The summed E-state index contributed by atoms with van der Waals surface area (Å²) in [5, 5.41) is 95.0. The minimum atomic E-state index is -2.25. The molecule has 0 aliphatic carbocycles. The second-order valence-corrected chi connectivity index (χ2v) is 4.91. The number of carbonyl (C=O) groups excluding carboxylic acids is 1. The maximum absolute atomic E-state index is 10.1. The molecular formula is C12H22O14. The van der Waals surface area contributed by atoms with E-state index in [2.05, 4.69) is 0 Å². The van der Waals surface area contributed by atoms with E-state index in [1.165, 1.54) is 0 Å². The number of aliphatic hydroxyl groups excluding tert-OH is 9. The standard InChI is InChI=1S/C6H12O7.C6H10O7/c2*7-1-2(8)3(9)4(10)5(11)6(12)13/h2-5,7-11H,1H2,(H,12,13);1-5,8-11H,(H,12,13)/t2-,3-,4+,5-;2-,3+,4-,5-/m10/s1. The zero-order valence-electron chi connectivity index (χ0n) is 13.0. The Balaban J connectivity index is 0. The summed E-state index contributed by atoms with van der Waals surface area (Å²) in [6.07, 6.45) is -16.2. The van der Waals surface area contributed by atoms with Crippen LogP contribution in [0.15, 0.2) is 0 Å². The van der Waals surface area contributed by atoms with Gasteiger partial charge in [0.1, 0.15) is 36.6 Å². The van der Waals surface area contributed by atoms with Crippen molar-refractivity contribution in [1.82, 2.24) is 0 Å². The highest BCUT2D eigenvalue weighted by atomic mass is 16.4. The van der Waals surface area contributed by atoms with E-state index in [0.717, 1.165) is 0 Å².